The first kappa shape index (κ1) is 30.6. The van der Waals surface area contributed by atoms with Crippen molar-refractivity contribution in [1.29, 1.82) is 0 Å². The number of hydrogen-bond acceptors (Lipinski definition) is 1. The third kappa shape index (κ3) is 5.15. The van der Waals surface area contributed by atoms with Crippen LogP contribution in [-0.2, 0) is 5.41 Å². The van der Waals surface area contributed by atoms with Crippen molar-refractivity contribution < 1.29 is 0 Å². The molecular formula is C49H43N. The van der Waals surface area contributed by atoms with Gasteiger partial charge in [0, 0.05) is 22.5 Å². The molecule has 1 nitrogen and oxygen atoms in total. The van der Waals surface area contributed by atoms with Gasteiger partial charge < -0.3 is 4.90 Å². The molecule has 1 fully saturated rings. The van der Waals surface area contributed by atoms with Gasteiger partial charge in [-0.1, -0.05) is 161 Å². The molecule has 1 saturated carbocycles. The molecule has 0 bridgehead atoms. The van der Waals surface area contributed by atoms with Gasteiger partial charge in [0.25, 0.3) is 0 Å². The second-order valence-corrected chi connectivity index (χ2v) is 14.7. The Bertz CT molecular complexity index is 2320. The SMILES string of the molecule is CC1(C)c2ccccc2-c2ccc(N(c3ccc(-c4ccc(-c5ccccc5)c5ccccc45)cc3)c3ccccc3C3CCCCC3)cc21. The lowest BCUT2D eigenvalue weighted by molar-refractivity contribution is 0.444. The molecule has 0 saturated heterocycles. The largest absolute Gasteiger partial charge is 0.310 e. The van der Waals surface area contributed by atoms with E-state index < -0.39 is 0 Å². The van der Waals surface area contributed by atoms with Crippen molar-refractivity contribution in [2.75, 3.05) is 4.90 Å². The zero-order valence-electron chi connectivity index (χ0n) is 29.1. The van der Waals surface area contributed by atoms with Crippen LogP contribution in [0, 0.1) is 0 Å². The Hall–Kier alpha value is -5.40. The summed E-state index contributed by atoms with van der Waals surface area (Å²) in [6.07, 6.45) is 6.52. The first-order chi connectivity index (χ1) is 24.6. The van der Waals surface area contributed by atoms with Crippen molar-refractivity contribution in [3.05, 3.63) is 174 Å². The fourth-order valence-corrected chi connectivity index (χ4v) is 8.92. The van der Waals surface area contributed by atoms with E-state index in [1.54, 1.807) is 0 Å². The summed E-state index contributed by atoms with van der Waals surface area (Å²) in [5.41, 5.74) is 15.7. The third-order valence-corrected chi connectivity index (χ3v) is 11.5. The third-order valence-electron chi connectivity index (χ3n) is 11.5. The Kier molecular flexibility index (Phi) is 7.65. The molecule has 0 radical (unpaired) electrons. The van der Waals surface area contributed by atoms with Gasteiger partial charge in [0.2, 0.25) is 0 Å². The number of anilines is 3. The standard InChI is InChI=1S/C49H43N/c1-49(2)46-23-13-11-22-44(46)45-30-29-38(33-47(45)49)50(48-24-14-12-19-41(48)35-17-7-4-8-18-35)37-27-25-36(26-28-37)40-32-31-39(34-15-5-3-6-16-34)42-20-9-10-21-43(40)42/h3,5-6,9-16,19-33,35H,4,7-8,17-18H2,1-2H3. The molecule has 0 aromatic heterocycles. The lowest BCUT2D eigenvalue weighted by Gasteiger charge is -2.32. The maximum Gasteiger partial charge on any atom is 0.0496 e. The van der Waals surface area contributed by atoms with Gasteiger partial charge in [-0.2, -0.15) is 0 Å². The Morgan fingerprint density at radius 2 is 1.02 bits per heavy atom. The normalized spacial score (nSPS) is 15.1. The Balaban J connectivity index is 1.17. The second kappa shape index (κ2) is 12.5. The lowest BCUT2D eigenvalue weighted by Crippen LogP contribution is -2.18. The summed E-state index contributed by atoms with van der Waals surface area (Å²) in [6, 6.07) is 58.8. The highest BCUT2D eigenvalue weighted by molar-refractivity contribution is 6.05. The van der Waals surface area contributed by atoms with E-state index in [0.29, 0.717) is 5.92 Å². The molecule has 7 aromatic carbocycles. The predicted molar refractivity (Wildman–Crippen MR) is 213 cm³/mol. The molecule has 7 aromatic rings. The highest BCUT2D eigenvalue weighted by Crippen LogP contribution is 2.51. The molecule has 2 aliphatic carbocycles. The van der Waals surface area contributed by atoms with Crippen LogP contribution in [-0.4, -0.2) is 0 Å². The van der Waals surface area contributed by atoms with E-state index in [9.17, 15) is 0 Å². The number of hydrogen-bond donors (Lipinski definition) is 0. The van der Waals surface area contributed by atoms with Gasteiger partial charge in [-0.25, -0.2) is 0 Å². The monoisotopic (exact) mass is 645 g/mol. The molecule has 9 rings (SSSR count). The van der Waals surface area contributed by atoms with Gasteiger partial charge in [-0.15, -0.1) is 0 Å². The fourth-order valence-electron chi connectivity index (χ4n) is 8.92. The van der Waals surface area contributed by atoms with Crippen LogP contribution in [0.25, 0.3) is 44.2 Å². The van der Waals surface area contributed by atoms with Crippen LogP contribution in [0.1, 0.15) is 68.6 Å². The molecule has 0 N–H and O–H groups in total. The summed E-state index contributed by atoms with van der Waals surface area (Å²) < 4.78 is 0. The number of benzene rings is 7. The molecule has 0 aliphatic heterocycles. The van der Waals surface area contributed by atoms with E-state index in [4.69, 9.17) is 0 Å². The van der Waals surface area contributed by atoms with Crippen LogP contribution in [0.3, 0.4) is 0 Å². The first-order valence-electron chi connectivity index (χ1n) is 18.4. The van der Waals surface area contributed by atoms with Gasteiger partial charge in [0.15, 0.2) is 0 Å². The summed E-state index contributed by atoms with van der Waals surface area (Å²) >= 11 is 0. The molecule has 0 amide bonds. The van der Waals surface area contributed by atoms with E-state index in [1.165, 1.54) is 110 Å². The number of nitrogens with zero attached hydrogens (tertiary/aromatic N) is 1. The predicted octanol–water partition coefficient (Wildman–Crippen LogP) is 14.0. The second-order valence-electron chi connectivity index (χ2n) is 14.7. The van der Waals surface area contributed by atoms with E-state index in [2.05, 4.69) is 176 Å². The van der Waals surface area contributed by atoms with Gasteiger partial charge in [0.1, 0.15) is 0 Å². The molecule has 244 valence electrons. The van der Waals surface area contributed by atoms with Crippen molar-refractivity contribution in [2.45, 2.75) is 57.3 Å². The van der Waals surface area contributed by atoms with Crippen molar-refractivity contribution in [2.24, 2.45) is 0 Å². The van der Waals surface area contributed by atoms with E-state index in [1.807, 2.05) is 0 Å². The quantitative estimate of drug-likeness (QED) is 0.174. The minimum atomic E-state index is -0.0622. The minimum Gasteiger partial charge on any atom is -0.310 e. The fraction of sp³-hybridized carbons (Fsp3) is 0.184. The summed E-state index contributed by atoms with van der Waals surface area (Å²) in [5, 5.41) is 2.56. The molecule has 1 heteroatoms. The van der Waals surface area contributed by atoms with Crippen LogP contribution in [0.2, 0.25) is 0 Å². The van der Waals surface area contributed by atoms with Crippen molar-refractivity contribution in [3.8, 4) is 33.4 Å². The van der Waals surface area contributed by atoms with Crippen LogP contribution in [0.5, 0.6) is 0 Å². The highest BCUT2D eigenvalue weighted by atomic mass is 15.1. The van der Waals surface area contributed by atoms with Crippen molar-refractivity contribution in [3.63, 3.8) is 0 Å². The lowest BCUT2D eigenvalue weighted by atomic mass is 9.82. The van der Waals surface area contributed by atoms with Gasteiger partial charge in [-0.05, 0) is 110 Å². The summed E-state index contributed by atoms with van der Waals surface area (Å²) in [5.74, 6) is 0.589. The van der Waals surface area contributed by atoms with Crippen molar-refractivity contribution >= 4 is 27.8 Å². The molecule has 0 atom stereocenters. The highest BCUT2D eigenvalue weighted by Gasteiger charge is 2.36. The topological polar surface area (TPSA) is 3.24 Å². The molecule has 0 spiro atoms. The van der Waals surface area contributed by atoms with Crippen LogP contribution in [0.15, 0.2) is 158 Å². The van der Waals surface area contributed by atoms with E-state index in [0.717, 1.165) is 0 Å². The zero-order chi connectivity index (χ0) is 33.7. The zero-order valence-corrected chi connectivity index (χ0v) is 29.1. The van der Waals surface area contributed by atoms with Gasteiger partial charge in [-0.3, -0.25) is 0 Å². The van der Waals surface area contributed by atoms with Crippen molar-refractivity contribution in [1.82, 2.24) is 0 Å². The summed E-state index contributed by atoms with van der Waals surface area (Å²) in [6.45, 7) is 4.76. The summed E-state index contributed by atoms with van der Waals surface area (Å²) in [4.78, 5) is 2.53. The molecular weight excluding hydrogens is 603 g/mol. The molecule has 0 unspecified atom stereocenters. The van der Waals surface area contributed by atoms with Gasteiger partial charge in [0.05, 0.1) is 0 Å². The average molecular weight is 646 g/mol. The van der Waals surface area contributed by atoms with Crippen LogP contribution < -0.4 is 4.90 Å². The van der Waals surface area contributed by atoms with E-state index >= 15 is 0 Å². The summed E-state index contributed by atoms with van der Waals surface area (Å²) in [7, 11) is 0. The molecule has 2 aliphatic rings. The van der Waals surface area contributed by atoms with Crippen LogP contribution in [0.4, 0.5) is 17.1 Å². The number of para-hydroxylation sites is 1. The van der Waals surface area contributed by atoms with Crippen LogP contribution >= 0.6 is 0 Å². The first-order valence-corrected chi connectivity index (χ1v) is 18.4. The molecule has 0 heterocycles. The maximum atomic E-state index is 2.53. The number of rotatable bonds is 6. The molecule has 50 heavy (non-hydrogen) atoms. The Labute approximate surface area is 296 Å². The van der Waals surface area contributed by atoms with E-state index in [-0.39, 0.29) is 5.41 Å². The maximum absolute atomic E-state index is 2.53. The van der Waals surface area contributed by atoms with Gasteiger partial charge >= 0.3 is 0 Å². The Morgan fingerprint density at radius 3 is 1.76 bits per heavy atom. The minimum absolute atomic E-state index is 0.0622. The number of fused-ring (bicyclic) bond motifs is 4. The smallest absolute Gasteiger partial charge is 0.0496 e. The Morgan fingerprint density at radius 1 is 0.460 bits per heavy atom. The average Bonchev–Trinajstić information content (AvgIpc) is 3.41.